The fraction of sp³-hybridized carbons (Fsp3) is 0.438. The number of amides is 2. The van der Waals surface area contributed by atoms with Crippen molar-refractivity contribution < 1.29 is 19.5 Å². The number of rotatable bonds is 5. The second-order valence-corrected chi connectivity index (χ2v) is 6.12. The van der Waals surface area contributed by atoms with Gasteiger partial charge in [-0.1, -0.05) is 32.9 Å². The van der Waals surface area contributed by atoms with E-state index in [0.717, 1.165) is 0 Å². The van der Waals surface area contributed by atoms with E-state index in [-0.39, 0.29) is 24.8 Å². The van der Waals surface area contributed by atoms with E-state index in [9.17, 15) is 14.4 Å². The molecule has 0 radical (unpaired) electrons. The zero-order valence-corrected chi connectivity index (χ0v) is 13.3. The molecule has 1 rings (SSSR count). The molecule has 120 valence electrons. The van der Waals surface area contributed by atoms with Gasteiger partial charge in [0, 0.05) is 19.0 Å². The molecule has 0 saturated heterocycles. The van der Waals surface area contributed by atoms with Crippen LogP contribution in [0.15, 0.2) is 24.3 Å². The van der Waals surface area contributed by atoms with Crippen molar-refractivity contribution in [3.05, 3.63) is 29.8 Å². The van der Waals surface area contributed by atoms with Gasteiger partial charge in [0.2, 0.25) is 5.91 Å². The number of nitrogens with zero attached hydrogens (tertiary/aromatic N) is 1. The summed E-state index contributed by atoms with van der Waals surface area (Å²) in [6.07, 6.45) is -0.126. The zero-order chi connectivity index (χ0) is 16.9. The highest BCUT2D eigenvalue weighted by atomic mass is 16.4. The first-order valence-corrected chi connectivity index (χ1v) is 7.00. The molecule has 0 aliphatic rings. The number of carboxylic acid groups (broad SMARTS) is 1. The molecular weight excluding hydrogens is 284 g/mol. The van der Waals surface area contributed by atoms with Crippen molar-refractivity contribution in [2.24, 2.45) is 5.41 Å². The van der Waals surface area contributed by atoms with Crippen LogP contribution in [0.3, 0.4) is 0 Å². The van der Waals surface area contributed by atoms with Crippen molar-refractivity contribution in [3.8, 4) is 0 Å². The molecule has 1 aromatic carbocycles. The summed E-state index contributed by atoms with van der Waals surface area (Å²) in [5.41, 5.74) is 0.188. The van der Waals surface area contributed by atoms with Crippen molar-refractivity contribution in [2.75, 3.05) is 18.9 Å². The number of benzene rings is 1. The van der Waals surface area contributed by atoms with E-state index >= 15 is 0 Å². The van der Waals surface area contributed by atoms with Gasteiger partial charge >= 0.3 is 5.97 Å². The molecule has 0 aliphatic heterocycles. The highest BCUT2D eigenvalue weighted by Crippen LogP contribution is 2.21. The highest BCUT2D eigenvalue weighted by Gasteiger charge is 2.23. The molecule has 2 amide bonds. The van der Waals surface area contributed by atoms with Gasteiger partial charge < -0.3 is 15.3 Å². The normalized spacial score (nSPS) is 10.9. The van der Waals surface area contributed by atoms with Crippen LogP contribution in [0.2, 0.25) is 0 Å². The Kier molecular flexibility index (Phi) is 5.68. The molecule has 6 nitrogen and oxygen atoms in total. The summed E-state index contributed by atoms with van der Waals surface area (Å²) in [5.74, 6) is -1.49. The van der Waals surface area contributed by atoms with Crippen LogP contribution in [0.25, 0.3) is 0 Å². The minimum absolute atomic E-state index is 0.107. The molecule has 0 aromatic heterocycles. The number of aliphatic carboxylic acids is 1. The summed E-state index contributed by atoms with van der Waals surface area (Å²) < 4.78 is 0. The van der Waals surface area contributed by atoms with E-state index < -0.39 is 11.4 Å². The average Bonchev–Trinajstić information content (AvgIpc) is 2.43. The Labute approximate surface area is 130 Å². The SMILES string of the molecule is CN(CCC(=O)O)C(=O)c1ccccc1NC(=O)C(C)(C)C. The van der Waals surface area contributed by atoms with E-state index in [2.05, 4.69) is 5.32 Å². The molecular formula is C16H22N2O4. The Morgan fingerprint density at radius 2 is 1.77 bits per heavy atom. The summed E-state index contributed by atoms with van der Waals surface area (Å²) >= 11 is 0. The molecule has 0 heterocycles. The first kappa shape index (κ1) is 17.7. The fourth-order valence-corrected chi connectivity index (χ4v) is 1.66. The van der Waals surface area contributed by atoms with Gasteiger partial charge in [-0.15, -0.1) is 0 Å². The van der Waals surface area contributed by atoms with Gasteiger partial charge in [-0.25, -0.2) is 0 Å². The highest BCUT2D eigenvalue weighted by molar-refractivity contribution is 6.04. The topological polar surface area (TPSA) is 86.7 Å². The van der Waals surface area contributed by atoms with Gasteiger partial charge in [0.25, 0.3) is 5.91 Å². The fourth-order valence-electron chi connectivity index (χ4n) is 1.66. The zero-order valence-electron chi connectivity index (χ0n) is 13.3. The minimum atomic E-state index is -0.964. The third-order valence-corrected chi connectivity index (χ3v) is 3.09. The standard InChI is InChI=1S/C16H22N2O4/c1-16(2,3)15(22)17-12-8-6-5-7-11(12)14(21)18(4)10-9-13(19)20/h5-8H,9-10H2,1-4H3,(H,17,22)(H,19,20). The maximum absolute atomic E-state index is 12.4. The molecule has 0 fully saturated rings. The number of carboxylic acids is 1. The lowest BCUT2D eigenvalue weighted by atomic mass is 9.95. The molecule has 0 spiro atoms. The Morgan fingerprint density at radius 1 is 1.18 bits per heavy atom. The van der Waals surface area contributed by atoms with Gasteiger partial charge in [0.15, 0.2) is 0 Å². The van der Waals surface area contributed by atoms with E-state index in [4.69, 9.17) is 5.11 Å². The van der Waals surface area contributed by atoms with Crippen molar-refractivity contribution in [1.29, 1.82) is 0 Å². The van der Waals surface area contributed by atoms with Gasteiger partial charge in [0.05, 0.1) is 17.7 Å². The van der Waals surface area contributed by atoms with Gasteiger partial charge in [-0.2, -0.15) is 0 Å². The lowest BCUT2D eigenvalue weighted by molar-refractivity contribution is -0.137. The maximum Gasteiger partial charge on any atom is 0.305 e. The molecule has 6 heteroatoms. The molecule has 0 aliphatic carbocycles. The molecule has 1 aromatic rings. The first-order chi connectivity index (χ1) is 10.1. The summed E-state index contributed by atoms with van der Waals surface area (Å²) in [5, 5.41) is 11.4. The Hall–Kier alpha value is -2.37. The number of nitrogens with one attached hydrogen (secondary N) is 1. The number of anilines is 1. The largest absolute Gasteiger partial charge is 0.481 e. The van der Waals surface area contributed by atoms with Crippen LogP contribution in [0, 0.1) is 5.41 Å². The molecule has 0 saturated carbocycles. The van der Waals surface area contributed by atoms with E-state index in [1.54, 1.807) is 45.0 Å². The Morgan fingerprint density at radius 3 is 2.32 bits per heavy atom. The molecule has 22 heavy (non-hydrogen) atoms. The predicted molar refractivity (Wildman–Crippen MR) is 83.7 cm³/mol. The van der Waals surface area contributed by atoms with Crippen LogP contribution in [-0.2, 0) is 9.59 Å². The van der Waals surface area contributed by atoms with Gasteiger partial charge in [-0.3, -0.25) is 14.4 Å². The number of para-hydroxylation sites is 1. The van der Waals surface area contributed by atoms with Crippen LogP contribution in [0.5, 0.6) is 0 Å². The Bertz CT molecular complexity index is 576. The number of hydrogen-bond acceptors (Lipinski definition) is 3. The second-order valence-electron chi connectivity index (χ2n) is 6.12. The van der Waals surface area contributed by atoms with E-state index in [0.29, 0.717) is 11.3 Å². The minimum Gasteiger partial charge on any atom is -0.481 e. The quantitative estimate of drug-likeness (QED) is 0.873. The maximum atomic E-state index is 12.4. The lowest BCUT2D eigenvalue weighted by Crippen LogP contribution is -2.32. The van der Waals surface area contributed by atoms with E-state index in [1.165, 1.54) is 11.9 Å². The van der Waals surface area contributed by atoms with Crippen LogP contribution in [-0.4, -0.2) is 41.4 Å². The molecule has 0 unspecified atom stereocenters. The summed E-state index contributed by atoms with van der Waals surface area (Å²) in [7, 11) is 1.54. The van der Waals surface area contributed by atoms with Gasteiger partial charge in [-0.05, 0) is 12.1 Å². The number of carbonyl (C=O) groups is 3. The average molecular weight is 306 g/mol. The molecule has 2 N–H and O–H groups in total. The smallest absolute Gasteiger partial charge is 0.305 e. The monoisotopic (exact) mass is 306 g/mol. The van der Waals surface area contributed by atoms with Crippen molar-refractivity contribution in [1.82, 2.24) is 4.90 Å². The van der Waals surface area contributed by atoms with E-state index in [1.807, 2.05) is 0 Å². The first-order valence-electron chi connectivity index (χ1n) is 7.00. The Balaban J connectivity index is 2.93. The predicted octanol–water partition coefficient (Wildman–Crippen LogP) is 2.22. The molecule has 0 atom stereocenters. The van der Waals surface area contributed by atoms with Gasteiger partial charge in [0.1, 0.15) is 0 Å². The molecule has 0 bridgehead atoms. The third kappa shape index (κ3) is 4.87. The van der Waals surface area contributed by atoms with Crippen LogP contribution < -0.4 is 5.32 Å². The van der Waals surface area contributed by atoms with Crippen molar-refractivity contribution >= 4 is 23.5 Å². The van der Waals surface area contributed by atoms with Crippen molar-refractivity contribution in [2.45, 2.75) is 27.2 Å². The summed E-state index contributed by atoms with van der Waals surface area (Å²) in [6, 6.07) is 6.69. The third-order valence-electron chi connectivity index (χ3n) is 3.09. The summed E-state index contributed by atoms with van der Waals surface area (Å²) in [6.45, 7) is 5.46. The van der Waals surface area contributed by atoms with Crippen LogP contribution in [0.1, 0.15) is 37.6 Å². The lowest BCUT2D eigenvalue weighted by Gasteiger charge is -2.21. The van der Waals surface area contributed by atoms with Crippen LogP contribution >= 0.6 is 0 Å². The van der Waals surface area contributed by atoms with Crippen molar-refractivity contribution in [3.63, 3.8) is 0 Å². The summed E-state index contributed by atoms with van der Waals surface area (Å²) in [4.78, 5) is 36.4. The second kappa shape index (κ2) is 7.06. The van der Waals surface area contributed by atoms with Crippen LogP contribution in [0.4, 0.5) is 5.69 Å². The number of hydrogen-bond donors (Lipinski definition) is 2. The number of carbonyl (C=O) groups excluding carboxylic acids is 2.